The first kappa shape index (κ1) is 8.44. The maximum atomic E-state index is 10.8. The highest BCUT2D eigenvalue weighted by molar-refractivity contribution is 7.99. The number of fused-ring (bicyclic) bond motifs is 1. The van der Waals surface area contributed by atoms with Crippen LogP contribution in [0.5, 0.6) is 5.75 Å². The van der Waals surface area contributed by atoms with Crippen molar-refractivity contribution in [1.82, 2.24) is 0 Å². The first-order chi connectivity index (χ1) is 6.27. The minimum atomic E-state index is -0.486. The molecule has 1 aromatic rings. The number of amides is 1. The van der Waals surface area contributed by atoms with Crippen molar-refractivity contribution in [1.29, 1.82) is 0 Å². The van der Waals surface area contributed by atoms with Gasteiger partial charge in [0.1, 0.15) is 5.75 Å². The molecule has 0 fully saturated rings. The second-order valence-corrected chi connectivity index (χ2v) is 3.83. The summed E-state index contributed by atoms with van der Waals surface area (Å²) in [6.07, 6.45) is -0.486. The lowest BCUT2D eigenvalue weighted by Crippen LogP contribution is -2.37. The van der Waals surface area contributed by atoms with E-state index in [2.05, 4.69) is 0 Å². The number of hydrogen-bond acceptors (Lipinski definition) is 3. The number of para-hydroxylation sites is 1. The largest absolute Gasteiger partial charge is 0.479 e. The van der Waals surface area contributed by atoms with Gasteiger partial charge in [0.2, 0.25) is 0 Å². The zero-order valence-corrected chi connectivity index (χ0v) is 7.71. The third-order valence-electron chi connectivity index (χ3n) is 1.83. The number of rotatable bonds is 1. The summed E-state index contributed by atoms with van der Waals surface area (Å²) in [7, 11) is 0. The molecule has 0 aromatic heterocycles. The van der Waals surface area contributed by atoms with Gasteiger partial charge in [-0.2, -0.15) is 0 Å². The molecule has 0 bridgehead atoms. The maximum Gasteiger partial charge on any atom is 0.259 e. The highest BCUT2D eigenvalue weighted by Crippen LogP contribution is 2.34. The Morgan fingerprint density at radius 2 is 2.31 bits per heavy atom. The average Bonchev–Trinajstić information content (AvgIpc) is 2.17. The van der Waals surface area contributed by atoms with Gasteiger partial charge < -0.3 is 10.5 Å². The van der Waals surface area contributed by atoms with Crippen LogP contribution in [-0.4, -0.2) is 17.8 Å². The van der Waals surface area contributed by atoms with Crippen molar-refractivity contribution in [2.24, 2.45) is 5.73 Å². The Bertz CT molecular complexity index is 340. The number of hydrogen-bond donors (Lipinski definition) is 1. The van der Waals surface area contributed by atoms with Gasteiger partial charge in [0.15, 0.2) is 6.10 Å². The molecule has 1 aliphatic heterocycles. The van der Waals surface area contributed by atoms with Crippen molar-refractivity contribution in [3.63, 3.8) is 0 Å². The number of carbonyl (C=O) groups excluding carboxylic acids is 1. The zero-order valence-electron chi connectivity index (χ0n) is 6.90. The molecule has 1 aliphatic rings. The van der Waals surface area contributed by atoms with Crippen LogP contribution in [0.2, 0.25) is 0 Å². The van der Waals surface area contributed by atoms with Crippen LogP contribution in [0.3, 0.4) is 0 Å². The van der Waals surface area contributed by atoms with Crippen LogP contribution in [0.1, 0.15) is 0 Å². The molecule has 3 nitrogen and oxygen atoms in total. The van der Waals surface area contributed by atoms with Crippen LogP contribution in [0.4, 0.5) is 0 Å². The standard InChI is InChI=1S/C9H9NO2S/c10-9(11)7-5-13-8-4-2-1-3-6(8)12-7/h1-4,7H,5H2,(H2,10,11). The Morgan fingerprint density at radius 1 is 1.54 bits per heavy atom. The molecular weight excluding hydrogens is 186 g/mol. The lowest BCUT2D eigenvalue weighted by atomic mass is 10.3. The van der Waals surface area contributed by atoms with Crippen molar-refractivity contribution in [2.45, 2.75) is 11.0 Å². The molecule has 1 atom stereocenters. The fourth-order valence-corrected chi connectivity index (χ4v) is 2.16. The zero-order chi connectivity index (χ0) is 9.26. The van der Waals surface area contributed by atoms with E-state index in [0.717, 1.165) is 10.6 Å². The Kier molecular flexibility index (Phi) is 2.14. The summed E-state index contributed by atoms with van der Waals surface area (Å²) >= 11 is 1.60. The first-order valence-corrected chi connectivity index (χ1v) is 4.94. The molecule has 1 aromatic carbocycles. The Hall–Kier alpha value is -1.16. The number of carbonyl (C=O) groups is 1. The molecule has 4 heteroatoms. The van der Waals surface area contributed by atoms with Gasteiger partial charge >= 0.3 is 0 Å². The molecular formula is C9H9NO2S. The third kappa shape index (κ3) is 1.62. The van der Waals surface area contributed by atoms with Gasteiger partial charge in [0, 0.05) is 10.6 Å². The molecule has 1 amide bonds. The summed E-state index contributed by atoms with van der Waals surface area (Å²) in [5.74, 6) is 0.955. The van der Waals surface area contributed by atoms with Crippen molar-refractivity contribution in [2.75, 3.05) is 5.75 Å². The van der Waals surface area contributed by atoms with Gasteiger partial charge in [0.05, 0.1) is 0 Å². The summed E-state index contributed by atoms with van der Waals surface area (Å²) in [5, 5.41) is 0. The van der Waals surface area contributed by atoms with Crippen molar-refractivity contribution in [3.05, 3.63) is 24.3 Å². The van der Waals surface area contributed by atoms with Gasteiger partial charge in [-0.3, -0.25) is 4.79 Å². The molecule has 0 radical (unpaired) electrons. The molecule has 2 N–H and O–H groups in total. The number of primary amides is 1. The van der Waals surface area contributed by atoms with Crippen molar-refractivity contribution in [3.8, 4) is 5.75 Å². The fourth-order valence-electron chi connectivity index (χ4n) is 1.16. The number of nitrogens with two attached hydrogens (primary N) is 1. The summed E-state index contributed by atoms with van der Waals surface area (Å²) in [6.45, 7) is 0. The minimum absolute atomic E-state index is 0.401. The van der Waals surface area contributed by atoms with Crippen LogP contribution in [-0.2, 0) is 4.79 Å². The monoisotopic (exact) mass is 195 g/mol. The Labute approximate surface area is 80.3 Å². The van der Waals surface area contributed by atoms with E-state index in [-0.39, 0.29) is 0 Å². The van der Waals surface area contributed by atoms with Crippen LogP contribution in [0, 0.1) is 0 Å². The first-order valence-electron chi connectivity index (χ1n) is 3.95. The molecule has 0 saturated carbocycles. The smallest absolute Gasteiger partial charge is 0.259 e. The molecule has 68 valence electrons. The molecule has 0 aliphatic carbocycles. The van der Waals surface area contributed by atoms with Gasteiger partial charge in [-0.05, 0) is 12.1 Å². The van der Waals surface area contributed by atoms with Gasteiger partial charge in [-0.15, -0.1) is 11.8 Å². The highest BCUT2D eigenvalue weighted by Gasteiger charge is 2.23. The molecule has 2 rings (SSSR count). The fraction of sp³-hybridized carbons (Fsp3) is 0.222. The quantitative estimate of drug-likeness (QED) is 0.728. The van der Waals surface area contributed by atoms with E-state index in [1.807, 2.05) is 24.3 Å². The molecule has 1 unspecified atom stereocenters. The van der Waals surface area contributed by atoms with E-state index in [9.17, 15) is 4.79 Å². The number of benzene rings is 1. The van der Waals surface area contributed by atoms with Crippen LogP contribution in [0.15, 0.2) is 29.2 Å². The van der Waals surface area contributed by atoms with Gasteiger partial charge in [-0.25, -0.2) is 0 Å². The number of thioether (sulfide) groups is 1. The molecule has 0 saturated heterocycles. The topological polar surface area (TPSA) is 52.3 Å². The molecule has 0 spiro atoms. The normalized spacial score (nSPS) is 20.2. The Morgan fingerprint density at radius 3 is 3.08 bits per heavy atom. The van der Waals surface area contributed by atoms with E-state index >= 15 is 0 Å². The van der Waals surface area contributed by atoms with E-state index in [1.165, 1.54) is 0 Å². The predicted molar refractivity (Wildman–Crippen MR) is 50.8 cm³/mol. The van der Waals surface area contributed by atoms with Crippen LogP contribution < -0.4 is 10.5 Å². The van der Waals surface area contributed by atoms with E-state index in [0.29, 0.717) is 5.75 Å². The SMILES string of the molecule is NC(=O)C1CSc2ccccc2O1. The average molecular weight is 195 g/mol. The van der Waals surface area contributed by atoms with Crippen molar-refractivity contribution >= 4 is 17.7 Å². The minimum Gasteiger partial charge on any atom is -0.479 e. The van der Waals surface area contributed by atoms with E-state index < -0.39 is 12.0 Å². The van der Waals surface area contributed by atoms with E-state index in [1.54, 1.807) is 11.8 Å². The highest BCUT2D eigenvalue weighted by atomic mass is 32.2. The molecule has 13 heavy (non-hydrogen) atoms. The van der Waals surface area contributed by atoms with Gasteiger partial charge in [0.25, 0.3) is 5.91 Å². The Balaban J connectivity index is 2.24. The summed E-state index contributed by atoms with van der Waals surface area (Å²) in [5.41, 5.74) is 5.15. The maximum absolute atomic E-state index is 10.8. The lowest BCUT2D eigenvalue weighted by molar-refractivity contribution is -0.123. The van der Waals surface area contributed by atoms with Crippen molar-refractivity contribution < 1.29 is 9.53 Å². The summed E-state index contributed by atoms with van der Waals surface area (Å²) in [4.78, 5) is 11.9. The lowest BCUT2D eigenvalue weighted by Gasteiger charge is -2.22. The molecule has 1 heterocycles. The predicted octanol–water partition coefficient (Wildman–Crippen LogP) is 1.02. The van der Waals surface area contributed by atoms with Crippen LogP contribution >= 0.6 is 11.8 Å². The second kappa shape index (κ2) is 3.30. The number of ether oxygens (including phenoxy) is 1. The van der Waals surface area contributed by atoms with Crippen LogP contribution in [0.25, 0.3) is 0 Å². The third-order valence-corrected chi connectivity index (χ3v) is 2.94. The summed E-state index contributed by atoms with van der Waals surface area (Å²) < 4.78 is 5.40. The second-order valence-electron chi connectivity index (χ2n) is 2.77. The van der Waals surface area contributed by atoms with E-state index in [4.69, 9.17) is 10.5 Å². The van der Waals surface area contributed by atoms with Gasteiger partial charge in [-0.1, -0.05) is 12.1 Å². The summed E-state index contributed by atoms with van der Waals surface area (Å²) in [6, 6.07) is 7.64.